The summed E-state index contributed by atoms with van der Waals surface area (Å²) in [7, 11) is 0. The second-order valence-corrected chi connectivity index (χ2v) is 2.19. The Morgan fingerprint density at radius 3 is 2.82 bits per heavy atom. The van der Waals surface area contributed by atoms with Crippen LogP contribution in [0.5, 0.6) is 0 Å². The maximum atomic E-state index is 10.7. The van der Waals surface area contributed by atoms with Gasteiger partial charge in [0.15, 0.2) is 0 Å². The molecule has 1 aromatic heterocycles. The molecule has 0 bridgehead atoms. The number of aliphatic hydroxyl groups is 1. The maximum Gasteiger partial charge on any atom is 0.283 e. The fraction of sp³-hybridized carbons (Fsp3) is 0.286. The van der Waals surface area contributed by atoms with E-state index in [2.05, 4.69) is 0 Å². The van der Waals surface area contributed by atoms with Crippen LogP contribution in [0.15, 0.2) is 23.1 Å². The SMILES string of the molecule is O=c1cc(CCO)ccn1O. The van der Waals surface area contributed by atoms with Crippen molar-refractivity contribution in [3.05, 3.63) is 34.2 Å². The fourth-order valence-electron chi connectivity index (χ4n) is 0.797. The molecule has 0 aliphatic rings. The molecule has 0 amide bonds. The minimum atomic E-state index is -0.476. The Morgan fingerprint density at radius 2 is 2.27 bits per heavy atom. The first-order chi connectivity index (χ1) is 5.24. The van der Waals surface area contributed by atoms with Gasteiger partial charge in [-0.05, 0) is 18.1 Å². The van der Waals surface area contributed by atoms with E-state index < -0.39 is 5.56 Å². The summed E-state index contributed by atoms with van der Waals surface area (Å²) < 4.78 is 0.501. The van der Waals surface area contributed by atoms with Crippen LogP contribution in [0.3, 0.4) is 0 Å². The van der Waals surface area contributed by atoms with Crippen LogP contribution in [-0.2, 0) is 6.42 Å². The molecule has 0 aromatic carbocycles. The van der Waals surface area contributed by atoms with Crippen LogP contribution in [0.2, 0.25) is 0 Å². The molecule has 4 nitrogen and oxygen atoms in total. The van der Waals surface area contributed by atoms with Crippen LogP contribution in [0.4, 0.5) is 0 Å². The molecule has 1 aromatic rings. The molecule has 1 rings (SSSR count). The lowest BCUT2D eigenvalue weighted by Crippen LogP contribution is -2.16. The lowest BCUT2D eigenvalue weighted by atomic mass is 10.2. The minimum Gasteiger partial charge on any atom is -0.425 e. The van der Waals surface area contributed by atoms with Crippen LogP contribution >= 0.6 is 0 Å². The number of aromatic nitrogens is 1. The molecule has 0 unspecified atom stereocenters. The first-order valence-corrected chi connectivity index (χ1v) is 3.26. The predicted octanol–water partition coefficient (Wildman–Crippen LogP) is -0.380. The lowest BCUT2D eigenvalue weighted by Gasteiger charge is -1.97. The van der Waals surface area contributed by atoms with Crippen molar-refractivity contribution in [3.8, 4) is 0 Å². The normalized spacial score (nSPS) is 9.91. The Morgan fingerprint density at radius 1 is 1.55 bits per heavy atom. The van der Waals surface area contributed by atoms with Gasteiger partial charge in [0.1, 0.15) is 0 Å². The first-order valence-electron chi connectivity index (χ1n) is 3.26. The summed E-state index contributed by atoms with van der Waals surface area (Å²) in [5, 5.41) is 17.3. The van der Waals surface area contributed by atoms with Crippen LogP contribution in [-0.4, -0.2) is 21.7 Å². The zero-order valence-electron chi connectivity index (χ0n) is 5.90. The molecular formula is C7H9NO3. The van der Waals surface area contributed by atoms with Crippen LogP contribution < -0.4 is 5.56 Å². The van der Waals surface area contributed by atoms with Crippen molar-refractivity contribution < 1.29 is 10.3 Å². The van der Waals surface area contributed by atoms with Crippen molar-refractivity contribution in [1.29, 1.82) is 0 Å². The van der Waals surface area contributed by atoms with Gasteiger partial charge in [-0.15, -0.1) is 0 Å². The van der Waals surface area contributed by atoms with Crippen molar-refractivity contribution in [1.82, 2.24) is 4.73 Å². The highest BCUT2D eigenvalue weighted by Crippen LogP contribution is 1.93. The number of nitrogens with zero attached hydrogens (tertiary/aromatic N) is 1. The molecule has 0 radical (unpaired) electrons. The molecule has 0 spiro atoms. The van der Waals surface area contributed by atoms with E-state index in [1.807, 2.05) is 0 Å². The van der Waals surface area contributed by atoms with E-state index in [4.69, 9.17) is 10.3 Å². The molecule has 0 aliphatic carbocycles. The molecule has 4 heteroatoms. The topological polar surface area (TPSA) is 62.5 Å². The van der Waals surface area contributed by atoms with E-state index in [9.17, 15) is 4.79 Å². The van der Waals surface area contributed by atoms with Gasteiger partial charge in [-0.2, -0.15) is 4.73 Å². The van der Waals surface area contributed by atoms with E-state index >= 15 is 0 Å². The zero-order valence-corrected chi connectivity index (χ0v) is 5.90. The Bertz CT molecular complexity index is 292. The predicted molar refractivity (Wildman–Crippen MR) is 38.7 cm³/mol. The molecule has 60 valence electrons. The number of hydrogen-bond acceptors (Lipinski definition) is 3. The summed E-state index contributed by atoms with van der Waals surface area (Å²) >= 11 is 0. The van der Waals surface area contributed by atoms with Crippen molar-refractivity contribution >= 4 is 0 Å². The molecule has 0 saturated carbocycles. The second-order valence-electron chi connectivity index (χ2n) is 2.19. The third-order valence-corrected chi connectivity index (χ3v) is 1.36. The minimum absolute atomic E-state index is 0.00881. The van der Waals surface area contributed by atoms with Gasteiger partial charge in [0.05, 0.1) is 0 Å². The quantitative estimate of drug-likeness (QED) is 0.572. The molecule has 0 fully saturated rings. The maximum absolute atomic E-state index is 10.7. The second kappa shape index (κ2) is 3.21. The average molecular weight is 155 g/mol. The monoisotopic (exact) mass is 155 g/mol. The van der Waals surface area contributed by atoms with Gasteiger partial charge >= 0.3 is 0 Å². The van der Waals surface area contributed by atoms with Gasteiger partial charge in [0.2, 0.25) is 0 Å². The van der Waals surface area contributed by atoms with Crippen molar-refractivity contribution in [3.63, 3.8) is 0 Å². The van der Waals surface area contributed by atoms with Crippen LogP contribution in [0, 0.1) is 0 Å². The smallest absolute Gasteiger partial charge is 0.283 e. The molecule has 0 atom stereocenters. The zero-order chi connectivity index (χ0) is 8.27. The number of aliphatic hydroxyl groups excluding tert-OH is 1. The third kappa shape index (κ3) is 1.81. The molecule has 0 aliphatic heterocycles. The van der Waals surface area contributed by atoms with Crippen molar-refractivity contribution in [2.24, 2.45) is 0 Å². The van der Waals surface area contributed by atoms with Gasteiger partial charge in [0.25, 0.3) is 5.56 Å². The first kappa shape index (κ1) is 7.81. The molecular weight excluding hydrogens is 146 g/mol. The molecule has 2 N–H and O–H groups in total. The van der Waals surface area contributed by atoms with Crippen LogP contribution in [0.25, 0.3) is 0 Å². The number of hydrogen-bond donors (Lipinski definition) is 2. The summed E-state index contributed by atoms with van der Waals surface area (Å²) in [6.07, 6.45) is 1.70. The van der Waals surface area contributed by atoms with Gasteiger partial charge in [0, 0.05) is 18.9 Å². The average Bonchev–Trinajstić information content (AvgIpc) is 1.98. The summed E-state index contributed by atoms with van der Waals surface area (Å²) in [4.78, 5) is 10.7. The van der Waals surface area contributed by atoms with E-state index in [1.165, 1.54) is 12.3 Å². The van der Waals surface area contributed by atoms with E-state index in [0.717, 1.165) is 5.56 Å². The molecule has 1 heterocycles. The van der Waals surface area contributed by atoms with Crippen molar-refractivity contribution in [2.45, 2.75) is 6.42 Å². The largest absolute Gasteiger partial charge is 0.425 e. The summed E-state index contributed by atoms with van der Waals surface area (Å²) in [5.41, 5.74) is 0.249. The highest BCUT2D eigenvalue weighted by atomic mass is 16.5. The van der Waals surface area contributed by atoms with Gasteiger partial charge < -0.3 is 10.3 Å². The van der Waals surface area contributed by atoms with Crippen molar-refractivity contribution in [2.75, 3.05) is 6.61 Å². The van der Waals surface area contributed by atoms with Gasteiger partial charge in [-0.25, -0.2) is 0 Å². The third-order valence-electron chi connectivity index (χ3n) is 1.36. The van der Waals surface area contributed by atoms with E-state index in [0.29, 0.717) is 11.2 Å². The number of pyridine rings is 1. The fourth-order valence-corrected chi connectivity index (χ4v) is 0.797. The Labute approximate surface area is 63.3 Å². The molecule has 11 heavy (non-hydrogen) atoms. The summed E-state index contributed by atoms with van der Waals surface area (Å²) in [5.74, 6) is 0. The summed E-state index contributed by atoms with van der Waals surface area (Å²) in [6.45, 7) is 0.00881. The van der Waals surface area contributed by atoms with E-state index in [1.54, 1.807) is 6.07 Å². The lowest BCUT2D eigenvalue weighted by molar-refractivity contribution is 0.174. The Hall–Kier alpha value is -1.29. The number of rotatable bonds is 2. The highest BCUT2D eigenvalue weighted by molar-refractivity contribution is 5.10. The van der Waals surface area contributed by atoms with Gasteiger partial charge in [-0.1, -0.05) is 0 Å². The van der Waals surface area contributed by atoms with Gasteiger partial charge in [-0.3, -0.25) is 4.79 Å². The molecule has 0 saturated heterocycles. The van der Waals surface area contributed by atoms with E-state index in [-0.39, 0.29) is 6.61 Å². The van der Waals surface area contributed by atoms with Crippen LogP contribution in [0.1, 0.15) is 5.56 Å². The Balaban J connectivity index is 2.96. The Kier molecular flexibility index (Phi) is 2.28. The highest BCUT2D eigenvalue weighted by Gasteiger charge is 1.94. The standard InChI is InChI=1S/C7H9NO3/c9-4-2-6-1-3-8(11)7(10)5-6/h1,3,5,9,11H,2,4H2. The summed E-state index contributed by atoms with van der Waals surface area (Å²) in [6, 6.07) is 2.87.